The number of alkyl halides is 5. The molecule has 0 amide bonds. The van der Waals surface area contributed by atoms with Crippen molar-refractivity contribution in [3.63, 3.8) is 0 Å². The molecule has 0 aliphatic heterocycles. The average molecular weight is 360 g/mol. The van der Waals surface area contributed by atoms with Crippen LogP contribution in [0.25, 0.3) is 16.7 Å². The first kappa shape index (κ1) is 16.9. The Morgan fingerprint density at radius 3 is 2.64 bits per heavy atom. The topological polar surface area (TPSA) is 72.8 Å². The van der Waals surface area contributed by atoms with Gasteiger partial charge in [0, 0.05) is 6.07 Å². The van der Waals surface area contributed by atoms with E-state index in [1.807, 2.05) is 4.98 Å². The Labute approximate surface area is 135 Å². The van der Waals surface area contributed by atoms with Gasteiger partial charge in [0.15, 0.2) is 11.5 Å². The second-order valence-corrected chi connectivity index (χ2v) is 4.99. The molecule has 0 saturated heterocycles. The highest BCUT2D eigenvalue weighted by atomic mass is 19.4. The number of halogens is 5. The fourth-order valence-electron chi connectivity index (χ4n) is 2.30. The Morgan fingerprint density at radius 2 is 2.00 bits per heavy atom. The molecule has 0 aliphatic rings. The normalized spacial score (nSPS) is 12.1. The molecule has 0 fully saturated rings. The third kappa shape index (κ3) is 3.30. The number of aromatic amines is 1. The van der Waals surface area contributed by atoms with Gasteiger partial charge in [0.2, 0.25) is 0 Å². The molecule has 132 valence electrons. The highest BCUT2D eigenvalue weighted by Gasteiger charge is 2.31. The van der Waals surface area contributed by atoms with Gasteiger partial charge in [0.05, 0.1) is 11.4 Å². The fraction of sp³-hybridized carbons (Fsp3) is 0.214. The standard InChI is InChI=1S/C14H9F5N4O2/c1-6-9-12(20-11(10(15)16)21-13(9)24)23(22-6)7-3-2-4-8(5-7)25-14(17,18)19/h2-5,10H,1H3,(H,20,21,24). The van der Waals surface area contributed by atoms with Gasteiger partial charge >= 0.3 is 6.36 Å². The summed E-state index contributed by atoms with van der Waals surface area (Å²) in [6, 6.07) is 4.71. The van der Waals surface area contributed by atoms with E-state index in [0.717, 1.165) is 16.8 Å². The van der Waals surface area contributed by atoms with Crippen LogP contribution in [0, 0.1) is 6.92 Å². The van der Waals surface area contributed by atoms with Crippen molar-refractivity contribution in [2.75, 3.05) is 0 Å². The Balaban J connectivity index is 2.19. The molecule has 0 unspecified atom stereocenters. The van der Waals surface area contributed by atoms with Gasteiger partial charge in [0.1, 0.15) is 11.1 Å². The third-order valence-electron chi connectivity index (χ3n) is 3.23. The van der Waals surface area contributed by atoms with E-state index in [1.54, 1.807) is 0 Å². The van der Waals surface area contributed by atoms with E-state index in [2.05, 4.69) is 14.8 Å². The number of H-pyrrole nitrogens is 1. The number of aryl methyl sites for hydroxylation is 1. The van der Waals surface area contributed by atoms with E-state index in [9.17, 15) is 26.7 Å². The summed E-state index contributed by atoms with van der Waals surface area (Å²) in [6.45, 7) is 1.45. The molecular formula is C14H9F5N4O2. The predicted molar refractivity (Wildman–Crippen MR) is 75.9 cm³/mol. The second kappa shape index (κ2) is 5.83. The molecule has 11 heteroatoms. The lowest BCUT2D eigenvalue weighted by Crippen LogP contribution is -2.17. The van der Waals surface area contributed by atoms with E-state index in [1.165, 1.54) is 19.1 Å². The molecule has 1 aromatic carbocycles. The van der Waals surface area contributed by atoms with E-state index in [0.29, 0.717) is 0 Å². The number of nitrogens with one attached hydrogen (secondary N) is 1. The quantitative estimate of drug-likeness (QED) is 0.728. The van der Waals surface area contributed by atoms with Crippen LogP contribution in [0.15, 0.2) is 29.1 Å². The van der Waals surface area contributed by atoms with Crippen molar-refractivity contribution in [2.45, 2.75) is 19.7 Å². The monoisotopic (exact) mass is 360 g/mol. The molecular weight excluding hydrogens is 351 g/mol. The van der Waals surface area contributed by atoms with Crippen molar-refractivity contribution >= 4 is 11.0 Å². The van der Waals surface area contributed by atoms with Gasteiger partial charge in [-0.2, -0.15) is 5.10 Å². The summed E-state index contributed by atoms with van der Waals surface area (Å²) in [4.78, 5) is 17.6. The highest BCUT2D eigenvalue weighted by molar-refractivity contribution is 5.78. The molecule has 6 nitrogen and oxygen atoms in total. The summed E-state index contributed by atoms with van der Waals surface area (Å²) in [5.41, 5.74) is -0.752. The lowest BCUT2D eigenvalue weighted by atomic mass is 10.3. The predicted octanol–water partition coefficient (Wildman–Crippen LogP) is 3.25. The van der Waals surface area contributed by atoms with E-state index in [-0.39, 0.29) is 22.4 Å². The van der Waals surface area contributed by atoms with Crippen molar-refractivity contribution in [1.82, 2.24) is 19.7 Å². The summed E-state index contributed by atoms with van der Waals surface area (Å²) in [5, 5.41) is 3.98. The maximum atomic E-state index is 12.9. The fourth-order valence-corrected chi connectivity index (χ4v) is 2.30. The Kier molecular flexibility index (Phi) is 3.93. The van der Waals surface area contributed by atoms with Gasteiger partial charge in [-0.05, 0) is 19.1 Å². The van der Waals surface area contributed by atoms with Crippen LogP contribution in [0.1, 0.15) is 17.9 Å². The minimum absolute atomic E-state index is 0.0356. The first-order chi connectivity index (χ1) is 11.7. The minimum Gasteiger partial charge on any atom is -0.406 e. The van der Waals surface area contributed by atoms with Crippen LogP contribution in [0.4, 0.5) is 22.0 Å². The lowest BCUT2D eigenvalue weighted by molar-refractivity contribution is -0.274. The van der Waals surface area contributed by atoms with Crippen LogP contribution in [-0.2, 0) is 0 Å². The van der Waals surface area contributed by atoms with Crippen molar-refractivity contribution in [2.24, 2.45) is 0 Å². The molecule has 3 rings (SSSR count). The molecule has 25 heavy (non-hydrogen) atoms. The highest BCUT2D eigenvalue weighted by Crippen LogP contribution is 2.26. The van der Waals surface area contributed by atoms with E-state index >= 15 is 0 Å². The number of hydrogen-bond acceptors (Lipinski definition) is 4. The summed E-state index contributed by atoms with van der Waals surface area (Å²) >= 11 is 0. The smallest absolute Gasteiger partial charge is 0.406 e. The van der Waals surface area contributed by atoms with Crippen LogP contribution >= 0.6 is 0 Å². The lowest BCUT2D eigenvalue weighted by Gasteiger charge is -2.10. The van der Waals surface area contributed by atoms with Crippen LogP contribution in [-0.4, -0.2) is 26.1 Å². The van der Waals surface area contributed by atoms with Gasteiger partial charge in [-0.3, -0.25) is 4.79 Å². The third-order valence-corrected chi connectivity index (χ3v) is 3.23. The molecule has 1 N–H and O–H groups in total. The van der Waals surface area contributed by atoms with Crippen molar-refractivity contribution in [1.29, 1.82) is 0 Å². The zero-order valence-corrected chi connectivity index (χ0v) is 12.4. The zero-order chi connectivity index (χ0) is 18.4. The SMILES string of the molecule is Cc1nn(-c2cccc(OC(F)(F)F)c2)c2nc(C(F)F)[nH]c(=O)c12. The van der Waals surface area contributed by atoms with Gasteiger partial charge in [-0.1, -0.05) is 6.07 Å². The molecule has 0 atom stereocenters. The summed E-state index contributed by atoms with van der Waals surface area (Å²) < 4.78 is 67.6. The number of rotatable bonds is 3. The summed E-state index contributed by atoms with van der Waals surface area (Å²) in [5.74, 6) is -1.38. The van der Waals surface area contributed by atoms with Crippen LogP contribution in [0.3, 0.4) is 0 Å². The molecule has 0 bridgehead atoms. The molecule has 3 aromatic rings. The minimum atomic E-state index is -4.89. The molecule has 0 spiro atoms. The van der Waals surface area contributed by atoms with Crippen LogP contribution in [0.5, 0.6) is 5.75 Å². The van der Waals surface area contributed by atoms with Gasteiger partial charge in [-0.15, -0.1) is 13.2 Å². The molecule has 2 aromatic heterocycles. The maximum Gasteiger partial charge on any atom is 0.573 e. The number of aromatic nitrogens is 4. The maximum absolute atomic E-state index is 12.9. The second-order valence-electron chi connectivity index (χ2n) is 4.99. The molecule has 0 radical (unpaired) electrons. The number of hydrogen-bond donors (Lipinski definition) is 1. The first-order valence-electron chi connectivity index (χ1n) is 6.79. The number of benzene rings is 1. The zero-order valence-electron chi connectivity index (χ0n) is 12.4. The van der Waals surface area contributed by atoms with E-state index < -0.39 is 29.9 Å². The van der Waals surface area contributed by atoms with Crippen molar-refractivity contribution in [3.8, 4) is 11.4 Å². The molecule has 0 aliphatic carbocycles. The van der Waals surface area contributed by atoms with E-state index in [4.69, 9.17) is 0 Å². The first-order valence-corrected chi connectivity index (χ1v) is 6.79. The number of nitrogens with zero attached hydrogens (tertiary/aromatic N) is 3. The Morgan fingerprint density at radius 1 is 1.28 bits per heavy atom. The van der Waals surface area contributed by atoms with Crippen LogP contribution < -0.4 is 10.3 Å². The average Bonchev–Trinajstić information content (AvgIpc) is 2.83. The molecule has 0 saturated carbocycles. The molecule has 2 heterocycles. The number of fused-ring (bicyclic) bond motifs is 1. The van der Waals surface area contributed by atoms with Crippen molar-refractivity contribution < 1.29 is 26.7 Å². The summed E-state index contributed by atoms with van der Waals surface area (Å²) in [7, 11) is 0. The summed E-state index contributed by atoms with van der Waals surface area (Å²) in [6.07, 6.45) is -7.92. The van der Waals surface area contributed by atoms with Gasteiger partial charge in [-0.25, -0.2) is 18.4 Å². The van der Waals surface area contributed by atoms with Crippen molar-refractivity contribution in [3.05, 3.63) is 46.1 Å². The van der Waals surface area contributed by atoms with Gasteiger partial charge < -0.3 is 9.72 Å². The number of ether oxygens (including phenoxy) is 1. The van der Waals surface area contributed by atoms with Gasteiger partial charge in [0.25, 0.3) is 12.0 Å². The Bertz CT molecular complexity index is 993. The largest absolute Gasteiger partial charge is 0.573 e. The van der Waals surface area contributed by atoms with Crippen LogP contribution in [0.2, 0.25) is 0 Å². The Hall–Kier alpha value is -2.98.